The minimum Gasteiger partial charge on any atom is -0.468 e. The quantitative estimate of drug-likeness (QED) is 0.563. The van der Waals surface area contributed by atoms with Crippen LogP contribution in [-0.4, -0.2) is 37.1 Å². The second kappa shape index (κ2) is 3.22. The molecule has 0 saturated heterocycles. The molecule has 3 nitrogen and oxygen atoms in total. The number of methoxy groups -OCH3 is 1. The first-order chi connectivity index (χ1) is 5.16. The van der Waals surface area contributed by atoms with Crippen molar-refractivity contribution in [1.82, 2.24) is 4.90 Å². The lowest BCUT2D eigenvalue weighted by molar-refractivity contribution is -0.146. The summed E-state index contributed by atoms with van der Waals surface area (Å²) in [5.41, 5.74) is 0. The summed E-state index contributed by atoms with van der Waals surface area (Å²) in [6.45, 7) is 1.88. The van der Waals surface area contributed by atoms with Gasteiger partial charge in [0.2, 0.25) is 0 Å². The number of ether oxygens (including phenoxy) is 1. The van der Waals surface area contributed by atoms with Crippen LogP contribution in [0.5, 0.6) is 0 Å². The number of likely N-dealkylation sites (N-methyl/N-ethyl adjacent to an activating group) is 1. The van der Waals surface area contributed by atoms with Crippen molar-refractivity contribution in [2.45, 2.75) is 31.8 Å². The van der Waals surface area contributed by atoms with Crippen molar-refractivity contribution in [3.05, 3.63) is 0 Å². The molecule has 0 aromatic rings. The molecule has 0 aromatic carbocycles. The predicted octanol–water partition coefficient (Wildman–Crippen LogP) is 0.642. The standard InChI is InChI=1S/C8H15NO2/c1-6(8(10)11-3)9(2)7-4-5-7/h6-7H,4-5H2,1-3H3/t6-/m0/s1. The topological polar surface area (TPSA) is 29.5 Å². The molecular formula is C8H15NO2. The van der Waals surface area contributed by atoms with Gasteiger partial charge in [-0.05, 0) is 26.8 Å². The highest BCUT2D eigenvalue weighted by atomic mass is 16.5. The fourth-order valence-electron chi connectivity index (χ4n) is 1.13. The van der Waals surface area contributed by atoms with Gasteiger partial charge in [0.25, 0.3) is 0 Å². The maximum Gasteiger partial charge on any atom is 0.322 e. The molecule has 0 amide bonds. The maximum atomic E-state index is 11.0. The number of carbonyl (C=O) groups excluding carboxylic acids is 1. The molecule has 1 aliphatic rings. The Morgan fingerprint density at radius 2 is 2.18 bits per heavy atom. The first-order valence-electron chi connectivity index (χ1n) is 3.96. The molecule has 1 saturated carbocycles. The first-order valence-corrected chi connectivity index (χ1v) is 3.96. The predicted molar refractivity (Wildman–Crippen MR) is 42.3 cm³/mol. The van der Waals surface area contributed by atoms with E-state index in [9.17, 15) is 4.79 Å². The fraction of sp³-hybridized carbons (Fsp3) is 0.875. The lowest BCUT2D eigenvalue weighted by Gasteiger charge is -2.21. The smallest absolute Gasteiger partial charge is 0.322 e. The monoisotopic (exact) mass is 157 g/mol. The molecule has 1 rings (SSSR count). The van der Waals surface area contributed by atoms with E-state index in [0.717, 1.165) is 0 Å². The van der Waals surface area contributed by atoms with E-state index in [1.165, 1.54) is 20.0 Å². The third kappa shape index (κ3) is 1.93. The van der Waals surface area contributed by atoms with Gasteiger partial charge in [-0.25, -0.2) is 0 Å². The lowest BCUT2D eigenvalue weighted by Crippen LogP contribution is -2.38. The van der Waals surface area contributed by atoms with Crippen molar-refractivity contribution in [3.63, 3.8) is 0 Å². The molecule has 1 atom stereocenters. The van der Waals surface area contributed by atoms with Gasteiger partial charge in [0, 0.05) is 6.04 Å². The van der Waals surface area contributed by atoms with Crippen LogP contribution >= 0.6 is 0 Å². The van der Waals surface area contributed by atoms with Crippen molar-refractivity contribution in [2.75, 3.05) is 14.2 Å². The Morgan fingerprint density at radius 1 is 1.64 bits per heavy atom. The zero-order chi connectivity index (χ0) is 8.43. The van der Waals surface area contributed by atoms with Crippen LogP contribution < -0.4 is 0 Å². The summed E-state index contributed by atoms with van der Waals surface area (Å²) < 4.78 is 4.63. The Morgan fingerprint density at radius 3 is 2.55 bits per heavy atom. The van der Waals surface area contributed by atoms with E-state index >= 15 is 0 Å². The van der Waals surface area contributed by atoms with Gasteiger partial charge < -0.3 is 4.74 Å². The molecule has 1 aliphatic carbocycles. The zero-order valence-corrected chi connectivity index (χ0v) is 7.33. The third-order valence-corrected chi connectivity index (χ3v) is 2.28. The largest absolute Gasteiger partial charge is 0.468 e. The minimum absolute atomic E-state index is 0.0903. The summed E-state index contributed by atoms with van der Waals surface area (Å²) >= 11 is 0. The van der Waals surface area contributed by atoms with Crippen molar-refractivity contribution >= 4 is 5.97 Å². The summed E-state index contributed by atoms with van der Waals surface area (Å²) in [6.07, 6.45) is 2.44. The molecule has 0 unspecified atom stereocenters. The van der Waals surface area contributed by atoms with Gasteiger partial charge in [-0.2, -0.15) is 0 Å². The molecule has 0 N–H and O–H groups in total. The SMILES string of the molecule is COC(=O)[C@H](C)N(C)C1CC1. The Kier molecular flexibility index (Phi) is 2.49. The number of rotatable bonds is 3. The molecule has 0 bridgehead atoms. The Balaban J connectivity index is 2.38. The van der Waals surface area contributed by atoms with Gasteiger partial charge >= 0.3 is 5.97 Å². The lowest BCUT2D eigenvalue weighted by atomic mass is 10.3. The van der Waals surface area contributed by atoms with Crippen LogP contribution in [-0.2, 0) is 9.53 Å². The van der Waals surface area contributed by atoms with Crippen LogP contribution in [0.2, 0.25) is 0 Å². The van der Waals surface area contributed by atoms with E-state index < -0.39 is 0 Å². The highest BCUT2D eigenvalue weighted by Gasteiger charge is 2.32. The second-order valence-corrected chi connectivity index (χ2v) is 3.10. The summed E-state index contributed by atoms with van der Waals surface area (Å²) in [5.74, 6) is -0.139. The van der Waals surface area contributed by atoms with Gasteiger partial charge in [0.1, 0.15) is 6.04 Å². The van der Waals surface area contributed by atoms with Gasteiger partial charge in [0.05, 0.1) is 7.11 Å². The Bertz CT molecular complexity index is 154. The van der Waals surface area contributed by atoms with E-state index in [2.05, 4.69) is 9.64 Å². The van der Waals surface area contributed by atoms with Crippen LogP contribution in [0.25, 0.3) is 0 Å². The molecule has 3 heteroatoms. The van der Waals surface area contributed by atoms with Crippen molar-refractivity contribution in [3.8, 4) is 0 Å². The molecule has 11 heavy (non-hydrogen) atoms. The molecule has 64 valence electrons. The van der Waals surface area contributed by atoms with Crippen LogP contribution in [0.15, 0.2) is 0 Å². The van der Waals surface area contributed by atoms with Crippen molar-refractivity contribution in [1.29, 1.82) is 0 Å². The molecule has 0 radical (unpaired) electrons. The molecule has 0 heterocycles. The molecule has 0 aliphatic heterocycles. The second-order valence-electron chi connectivity index (χ2n) is 3.10. The van der Waals surface area contributed by atoms with Crippen LogP contribution in [0, 0.1) is 0 Å². The normalized spacial score (nSPS) is 20.0. The van der Waals surface area contributed by atoms with Gasteiger partial charge in [-0.15, -0.1) is 0 Å². The number of carbonyl (C=O) groups is 1. The molecule has 0 spiro atoms. The maximum absolute atomic E-state index is 11.0. The molecule has 1 fully saturated rings. The van der Waals surface area contributed by atoms with E-state index in [1.54, 1.807) is 0 Å². The summed E-state index contributed by atoms with van der Waals surface area (Å²) in [6, 6.07) is 0.525. The number of nitrogens with zero attached hydrogens (tertiary/aromatic N) is 1. The van der Waals surface area contributed by atoms with Crippen molar-refractivity contribution < 1.29 is 9.53 Å². The minimum atomic E-state index is -0.139. The van der Waals surface area contributed by atoms with E-state index in [-0.39, 0.29) is 12.0 Å². The summed E-state index contributed by atoms with van der Waals surface area (Å²) in [4.78, 5) is 13.1. The Labute approximate surface area is 67.3 Å². The van der Waals surface area contributed by atoms with Crippen LogP contribution in [0.3, 0.4) is 0 Å². The highest BCUT2D eigenvalue weighted by molar-refractivity contribution is 5.75. The van der Waals surface area contributed by atoms with Gasteiger partial charge in [0.15, 0.2) is 0 Å². The number of hydrogen-bond acceptors (Lipinski definition) is 3. The summed E-state index contributed by atoms with van der Waals surface area (Å²) in [7, 11) is 3.40. The number of esters is 1. The fourth-order valence-corrected chi connectivity index (χ4v) is 1.13. The first kappa shape index (κ1) is 8.53. The average molecular weight is 157 g/mol. The van der Waals surface area contributed by atoms with E-state index in [4.69, 9.17) is 0 Å². The van der Waals surface area contributed by atoms with E-state index in [1.807, 2.05) is 14.0 Å². The summed E-state index contributed by atoms with van der Waals surface area (Å²) in [5, 5.41) is 0. The zero-order valence-electron chi connectivity index (χ0n) is 7.33. The van der Waals surface area contributed by atoms with Gasteiger partial charge in [-0.1, -0.05) is 0 Å². The van der Waals surface area contributed by atoms with E-state index in [0.29, 0.717) is 6.04 Å². The molecule has 0 aromatic heterocycles. The van der Waals surface area contributed by atoms with Crippen molar-refractivity contribution in [2.24, 2.45) is 0 Å². The average Bonchev–Trinajstić information content (AvgIpc) is 2.82. The van der Waals surface area contributed by atoms with Crippen LogP contribution in [0.1, 0.15) is 19.8 Å². The van der Waals surface area contributed by atoms with Crippen LogP contribution in [0.4, 0.5) is 0 Å². The Hall–Kier alpha value is -0.570. The van der Waals surface area contributed by atoms with Gasteiger partial charge in [-0.3, -0.25) is 9.69 Å². The third-order valence-electron chi connectivity index (χ3n) is 2.28. The molecular weight excluding hydrogens is 142 g/mol. The highest BCUT2D eigenvalue weighted by Crippen LogP contribution is 2.26. The number of hydrogen-bond donors (Lipinski definition) is 0.